The summed E-state index contributed by atoms with van der Waals surface area (Å²) < 4.78 is 5.43. The van der Waals surface area contributed by atoms with E-state index in [1.165, 1.54) is 0 Å². The van der Waals surface area contributed by atoms with Gasteiger partial charge < -0.3 is 15.2 Å². The van der Waals surface area contributed by atoms with Gasteiger partial charge in [-0.05, 0) is 18.8 Å². The Balaban J connectivity index is 0.00000338. The molecule has 0 aliphatic rings. The van der Waals surface area contributed by atoms with Crippen molar-refractivity contribution in [3.05, 3.63) is 33.6 Å². The van der Waals surface area contributed by atoms with Crippen LogP contribution in [0.1, 0.15) is 74.5 Å². The van der Waals surface area contributed by atoms with Crippen LogP contribution in [0.5, 0.6) is 0 Å². The maximum atomic E-state index is 5.43. The largest absolute Gasteiger partial charge is 0.359 e. The van der Waals surface area contributed by atoms with Crippen LogP contribution in [0.4, 0.5) is 0 Å². The second-order valence-electron chi connectivity index (χ2n) is 6.33. The van der Waals surface area contributed by atoms with Crippen LogP contribution in [0.2, 0.25) is 0 Å². The molecule has 2 aromatic heterocycles. The molecule has 6 nitrogen and oxygen atoms in total. The molecule has 0 radical (unpaired) electrons. The van der Waals surface area contributed by atoms with Crippen LogP contribution in [0.15, 0.2) is 21.0 Å². The quantitative estimate of drug-likeness (QED) is 0.320. The first kappa shape index (κ1) is 22.9. The number of aliphatic imine (C=N–C) groups is 1. The Kier molecular flexibility index (Phi) is 10.1. The third kappa shape index (κ3) is 6.53. The number of thiazole rings is 1. The van der Waals surface area contributed by atoms with Crippen LogP contribution in [0, 0.1) is 0 Å². The maximum Gasteiger partial charge on any atom is 0.191 e. The molecule has 26 heavy (non-hydrogen) atoms. The first-order valence-electron chi connectivity index (χ1n) is 8.91. The molecule has 2 N–H and O–H groups in total. The van der Waals surface area contributed by atoms with Crippen LogP contribution in [0.3, 0.4) is 0 Å². The number of nitrogens with one attached hydrogen (secondary N) is 2. The molecular weight excluding hydrogens is 461 g/mol. The van der Waals surface area contributed by atoms with Gasteiger partial charge in [-0.15, -0.1) is 35.3 Å². The van der Waals surface area contributed by atoms with Crippen molar-refractivity contribution in [2.45, 2.75) is 65.5 Å². The number of guanidine groups is 1. The van der Waals surface area contributed by atoms with Gasteiger partial charge in [0.25, 0.3) is 0 Å². The van der Waals surface area contributed by atoms with Gasteiger partial charge in [-0.2, -0.15) is 0 Å². The highest BCUT2D eigenvalue weighted by molar-refractivity contribution is 14.0. The molecule has 0 saturated carbocycles. The lowest BCUT2D eigenvalue weighted by molar-refractivity contribution is 0.368. The Morgan fingerprint density at radius 1 is 1.19 bits per heavy atom. The van der Waals surface area contributed by atoms with E-state index in [0.717, 1.165) is 41.0 Å². The van der Waals surface area contributed by atoms with Crippen molar-refractivity contribution in [1.29, 1.82) is 0 Å². The third-order valence-corrected chi connectivity index (χ3v) is 5.07. The zero-order chi connectivity index (χ0) is 18.2. The smallest absolute Gasteiger partial charge is 0.191 e. The molecule has 2 aromatic rings. The summed E-state index contributed by atoms with van der Waals surface area (Å²) in [7, 11) is 1.76. The fourth-order valence-electron chi connectivity index (χ4n) is 2.53. The number of aromatic nitrogens is 2. The fourth-order valence-corrected chi connectivity index (χ4v) is 3.43. The van der Waals surface area contributed by atoms with Crippen LogP contribution in [-0.2, 0) is 13.1 Å². The van der Waals surface area contributed by atoms with E-state index in [-0.39, 0.29) is 24.0 Å². The maximum absolute atomic E-state index is 5.43. The van der Waals surface area contributed by atoms with Gasteiger partial charge in [0.2, 0.25) is 0 Å². The van der Waals surface area contributed by atoms with Crippen molar-refractivity contribution < 1.29 is 4.52 Å². The average molecular weight is 491 g/mol. The van der Waals surface area contributed by atoms with Gasteiger partial charge in [-0.25, -0.2) is 4.98 Å². The lowest BCUT2D eigenvalue weighted by Crippen LogP contribution is -2.36. The van der Waals surface area contributed by atoms with Crippen molar-refractivity contribution in [1.82, 2.24) is 20.8 Å². The van der Waals surface area contributed by atoms with E-state index < -0.39 is 0 Å². The second kappa shape index (κ2) is 11.5. The van der Waals surface area contributed by atoms with Crippen molar-refractivity contribution >= 4 is 41.3 Å². The molecule has 0 unspecified atom stereocenters. The van der Waals surface area contributed by atoms with E-state index in [4.69, 9.17) is 4.52 Å². The molecule has 2 heterocycles. The molecule has 0 aliphatic carbocycles. The molecular formula is C18H30IN5OS. The van der Waals surface area contributed by atoms with Gasteiger partial charge in [0.15, 0.2) is 11.7 Å². The topological polar surface area (TPSA) is 75.3 Å². The summed E-state index contributed by atoms with van der Waals surface area (Å²) in [5.74, 6) is 2.47. The minimum absolute atomic E-state index is 0. The molecule has 2 rings (SSSR count). The minimum Gasteiger partial charge on any atom is -0.359 e. The molecule has 0 atom stereocenters. The first-order chi connectivity index (χ1) is 12.1. The number of hydrogen-bond donors (Lipinski definition) is 2. The van der Waals surface area contributed by atoms with Crippen LogP contribution < -0.4 is 10.6 Å². The van der Waals surface area contributed by atoms with Gasteiger partial charge in [-0.1, -0.05) is 32.9 Å². The molecule has 0 amide bonds. The molecule has 0 fully saturated rings. The fraction of sp³-hybridized carbons (Fsp3) is 0.611. The zero-order valence-corrected chi connectivity index (χ0v) is 19.4. The van der Waals surface area contributed by atoms with Crippen molar-refractivity contribution in [3.63, 3.8) is 0 Å². The summed E-state index contributed by atoms with van der Waals surface area (Å²) in [6.07, 6.45) is 2.15. The van der Waals surface area contributed by atoms with Gasteiger partial charge >= 0.3 is 0 Å². The Bertz CT molecular complexity index is 679. The van der Waals surface area contributed by atoms with Crippen LogP contribution >= 0.6 is 35.3 Å². The van der Waals surface area contributed by atoms with Gasteiger partial charge in [-0.3, -0.25) is 4.99 Å². The molecule has 0 aromatic carbocycles. The summed E-state index contributed by atoms with van der Waals surface area (Å²) in [6, 6.07) is 2.04. The highest BCUT2D eigenvalue weighted by Gasteiger charge is 2.13. The Labute approximate surface area is 177 Å². The third-order valence-electron chi connectivity index (χ3n) is 4.20. The Morgan fingerprint density at radius 3 is 2.46 bits per heavy atom. The lowest BCUT2D eigenvalue weighted by atomic mass is 9.99. The van der Waals surface area contributed by atoms with Crippen LogP contribution in [-0.4, -0.2) is 23.1 Å². The number of halogens is 1. The molecule has 0 bridgehead atoms. The van der Waals surface area contributed by atoms with E-state index in [1.54, 1.807) is 18.4 Å². The van der Waals surface area contributed by atoms with E-state index in [9.17, 15) is 0 Å². The SMILES string of the molecule is CCC(CC)c1cc(CNC(=NC)NCc2nc(C(C)C)cs2)on1.I. The molecule has 146 valence electrons. The summed E-state index contributed by atoms with van der Waals surface area (Å²) in [6.45, 7) is 9.88. The van der Waals surface area contributed by atoms with E-state index in [1.807, 2.05) is 6.07 Å². The monoisotopic (exact) mass is 491 g/mol. The zero-order valence-electron chi connectivity index (χ0n) is 16.2. The summed E-state index contributed by atoms with van der Waals surface area (Å²) >= 11 is 1.67. The standard InChI is InChI=1S/C18H29N5OS.HI/c1-6-13(7-2)15-8-14(24-23-15)9-20-18(19-5)21-10-17-22-16(11-25-17)12(3)4;/h8,11-13H,6-7,9-10H2,1-5H3,(H2,19,20,21);1H. The summed E-state index contributed by atoms with van der Waals surface area (Å²) in [4.78, 5) is 8.86. The Hall–Kier alpha value is -1.16. The number of nitrogens with zero attached hydrogens (tertiary/aromatic N) is 3. The van der Waals surface area contributed by atoms with Crippen molar-refractivity contribution in [2.75, 3.05) is 7.05 Å². The summed E-state index contributed by atoms with van der Waals surface area (Å²) in [5.41, 5.74) is 2.18. The molecule has 0 aliphatic heterocycles. The average Bonchev–Trinajstić information content (AvgIpc) is 3.26. The normalized spacial score (nSPS) is 11.7. The first-order valence-corrected chi connectivity index (χ1v) is 9.79. The lowest BCUT2D eigenvalue weighted by Gasteiger charge is -2.09. The van der Waals surface area contributed by atoms with E-state index in [2.05, 4.69) is 58.8 Å². The number of rotatable bonds is 8. The highest BCUT2D eigenvalue weighted by Crippen LogP contribution is 2.22. The highest BCUT2D eigenvalue weighted by atomic mass is 127. The predicted octanol–water partition coefficient (Wildman–Crippen LogP) is 4.64. The number of hydrogen-bond acceptors (Lipinski definition) is 5. The second-order valence-corrected chi connectivity index (χ2v) is 7.27. The van der Waals surface area contributed by atoms with E-state index in [0.29, 0.717) is 24.9 Å². The van der Waals surface area contributed by atoms with E-state index >= 15 is 0 Å². The Morgan fingerprint density at radius 2 is 1.88 bits per heavy atom. The van der Waals surface area contributed by atoms with Crippen molar-refractivity contribution in [3.8, 4) is 0 Å². The van der Waals surface area contributed by atoms with Gasteiger partial charge in [0, 0.05) is 24.4 Å². The minimum atomic E-state index is 0. The van der Waals surface area contributed by atoms with Crippen LogP contribution in [0.25, 0.3) is 0 Å². The van der Waals surface area contributed by atoms with Crippen molar-refractivity contribution in [2.24, 2.45) is 4.99 Å². The van der Waals surface area contributed by atoms with Gasteiger partial charge in [0.05, 0.1) is 24.5 Å². The molecule has 0 saturated heterocycles. The van der Waals surface area contributed by atoms with Gasteiger partial charge in [0.1, 0.15) is 5.01 Å². The summed E-state index contributed by atoms with van der Waals surface area (Å²) in [5, 5.41) is 13.9. The predicted molar refractivity (Wildman–Crippen MR) is 118 cm³/mol. The molecule has 0 spiro atoms. The molecule has 8 heteroatoms.